The van der Waals surface area contributed by atoms with Crippen LogP contribution in [0.1, 0.15) is 57.3 Å². The molecule has 0 saturated carbocycles. The lowest BCUT2D eigenvalue weighted by atomic mass is 9.78. The van der Waals surface area contributed by atoms with Crippen LogP contribution in [0.2, 0.25) is 0 Å². The lowest BCUT2D eigenvalue weighted by Gasteiger charge is -2.31. The number of H-pyrrole nitrogens is 1. The maximum Gasteiger partial charge on any atom is 0.335 e. The van der Waals surface area contributed by atoms with Crippen molar-refractivity contribution in [1.29, 1.82) is 0 Å². The molecule has 1 unspecified atom stereocenters. The summed E-state index contributed by atoms with van der Waals surface area (Å²) in [4.78, 5) is 14.0. The molecule has 1 atom stereocenters. The van der Waals surface area contributed by atoms with E-state index in [2.05, 4.69) is 81.2 Å². The third-order valence-corrected chi connectivity index (χ3v) is 7.06. The first kappa shape index (κ1) is 24.4. The number of nitrogens with one attached hydrogen (secondary N) is 2. The Morgan fingerprint density at radius 3 is 2.70 bits per heavy atom. The van der Waals surface area contributed by atoms with Gasteiger partial charge < -0.3 is 5.32 Å². The molecular formula is C26H32N10O. The van der Waals surface area contributed by atoms with Crippen LogP contribution in [0.5, 0.6) is 0 Å². The zero-order chi connectivity index (χ0) is 25.8. The molecule has 4 heterocycles. The summed E-state index contributed by atoms with van der Waals surface area (Å²) in [5.41, 5.74) is 2.15. The van der Waals surface area contributed by atoms with Gasteiger partial charge in [0.1, 0.15) is 6.33 Å². The molecule has 11 nitrogen and oxygen atoms in total. The van der Waals surface area contributed by atoms with Crippen molar-refractivity contribution in [3.8, 4) is 17.3 Å². The molecule has 37 heavy (non-hydrogen) atoms. The van der Waals surface area contributed by atoms with Crippen LogP contribution in [0.3, 0.4) is 0 Å². The average Bonchev–Trinajstić information content (AvgIpc) is 3.70. The number of imidazole rings is 1. The zero-order valence-electron chi connectivity index (χ0n) is 21.4. The highest BCUT2D eigenvalue weighted by atomic mass is 16.2. The largest absolute Gasteiger partial charge is 0.368 e. The Labute approximate surface area is 214 Å². The van der Waals surface area contributed by atoms with E-state index in [1.165, 1.54) is 0 Å². The minimum absolute atomic E-state index is 0.127. The number of aromatic amines is 1. The smallest absolute Gasteiger partial charge is 0.335 e. The van der Waals surface area contributed by atoms with Gasteiger partial charge in [-0.2, -0.15) is 5.21 Å². The second-order valence-corrected chi connectivity index (χ2v) is 9.45. The quantitative estimate of drug-likeness (QED) is 0.342. The predicted octanol–water partition coefficient (Wildman–Crippen LogP) is 3.29. The SMILES string of the molecule is CCCCc1cn(-c2nncn2C(C)CC)c(=O)n1CC1(c2cccc(-c3nn[nH]n3)c2)C=CNC=C1. The van der Waals surface area contributed by atoms with Gasteiger partial charge in [0.25, 0.3) is 0 Å². The fourth-order valence-corrected chi connectivity index (χ4v) is 4.70. The molecule has 0 aliphatic carbocycles. The number of tetrazole rings is 1. The van der Waals surface area contributed by atoms with E-state index >= 15 is 0 Å². The molecule has 1 aliphatic rings. The van der Waals surface area contributed by atoms with E-state index in [0.717, 1.165) is 42.5 Å². The molecule has 0 bridgehead atoms. The zero-order valence-corrected chi connectivity index (χ0v) is 21.4. The van der Waals surface area contributed by atoms with Gasteiger partial charge >= 0.3 is 5.69 Å². The van der Waals surface area contributed by atoms with Gasteiger partial charge in [0.2, 0.25) is 11.8 Å². The molecule has 192 valence electrons. The number of aromatic nitrogens is 9. The van der Waals surface area contributed by atoms with Gasteiger partial charge in [-0.3, -0.25) is 9.13 Å². The van der Waals surface area contributed by atoms with E-state index in [0.29, 0.717) is 18.3 Å². The summed E-state index contributed by atoms with van der Waals surface area (Å²) in [6.07, 6.45) is 15.4. The Bertz CT molecular complexity index is 1440. The molecule has 5 rings (SSSR count). The van der Waals surface area contributed by atoms with E-state index in [1.807, 2.05) is 39.9 Å². The summed E-state index contributed by atoms with van der Waals surface area (Å²) in [6.45, 7) is 6.79. The minimum Gasteiger partial charge on any atom is -0.368 e. The normalized spacial score (nSPS) is 15.1. The number of aryl methyl sites for hydroxylation is 1. The van der Waals surface area contributed by atoms with Gasteiger partial charge in [-0.05, 0) is 55.4 Å². The molecule has 1 aliphatic heterocycles. The fourth-order valence-electron chi connectivity index (χ4n) is 4.70. The van der Waals surface area contributed by atoms with Crippen LogP contribution in [-0.2, 0) is 18.4 Å². The first-order valence-corrected chi connectivity index (χ1v) is 12.7. The Morgan fingerprint density at radius 2 is 1.97 bits per heavy atom. The summed E-state index contributed by atoms with van der Waals surface area (Å²) in [5, 5.41) is 26.0. The maximum atomic E-state index is 14.0. The van der Waals surface area contributed by atoms with Crippen molar-refractivity contribution in [3.05, 3.63) is 83.1 Å². The molecule has 0 fully saturated rings. The van der Waals surface area contributed by atoms with E-state index < -0.39 is 5.41 Å². The van der Waals surface area contributed by atoms with E-state index in [9.17, 15) is 4.79 Å². The third kappa shape index (κ3) is 4.64. The number of benzene rings is 1. The Morgan fingerprint density at radius 1 is 1.14 bits per heavy atom. The van der Waals surface area contributed by atoms with Gasteiger partial charge in [0.15, 0.2) is 0 Å². The molecule has 3 aromatic heterocycles. The Balaban J connectivity index is 1.61. The number of hydrogen-bond acceptors (Lipinski definition) is 7. The van der Waals surface area contributed by atoms with Crippen LogP contribution in [0, 0.1) is 0 Å². The topological polar surface area (TPSA) is 124 Å². The summed E-state index contributed by atoms with van der Waals surface area (Å²) >= 11 is 0. The van der Waals surface area contributed by atoms with Crippen molar-refractivity contribution in [2.45, 2.75) is 64.5 Å². The summed E-state index contributed by atoms with van der Waals surface area (Å²) in [5.74, 6) is 1.07. The van der Waals surface area contributed by atoms with Gasteiger partial charge in [0.05, 0.1) is 5.41 Å². The van der Waals surface area contributed by atoms with Crippen LogP contribution >= 0.6 is 0 Å². The van der Waals surface area contributed by atoms with Gasteiger partial charge in [-0.15, -0.1) is 20.4 Å². The molecule has 1 aromatic carbocycles. The second kappa shape index (κ2) is 10.4. The molecule has 0 amide bonds. The molecule has 2 N–H and O–H groups in total. The fraction of sp³-hybridized carbons (Fsp3) is 0.385. The van der Waals surface area contributed by atoms with Crippen molar-refractivity contribution in [3.63, 3.8) is 0 Å². The molecule has 0 spiro atoms. The first-order chi connectivity index (χ1) is 18.1. The van der Waals surface area contributed by atoms with E-state index in [4.69, 9.17) is 0 Å². The molecule has 11 heteroatoms. The molecular weight excluding hydrogens is 468 g/mol. The van der Waals surface area contributed by atoms with E-state index in [1.54, 1.807) is 10.9 Å². The van der Waals surface area contributed by atoms with Crippen molar-refractivity contribution in [2.24, 2.45) is 0 Å². The Kier molecular flexibility index (Phi) is 6.85. The summed E-state index contributed by atoms with van der Waals surface area (Å²) < 4.78 is 5.48. The van der Waals surface area contributed by atoms with E-state index in [-0.39, 0.29) is 11.7 Å². The number of unbranched alkanes of at least 4 members (excludes halogenated alkanes) is 1. The molecule has 0 saturated heterocycles. The molecule has 4 aromatic rings. The lowest BCUT2D eigenvalue weighted by Crippen LogP contribution is -2.36. The van der Waals surface area contributed by atoms with Crippen LogP contribution in [-0.4, -0.2) is 44.5 Å². The standard InChI is InChI=1S/C26H32N10O/c1-4-6-10-22-16-34(24-31-28-18-36(24)19(3)5-2)25(37)35(22)17-26(11-13-27-14-12-26)21-9-7-8-20(15-21)23-29-32-33-30-23/h7-9,11-16,18-19,27H,4-6,10,17H2,1-3H3,(H,29,30,32,33). The minimum atomic E-state index is -0.563. The molecule has 0 radical (unpaired) electrons. The first-order valence-electron chi connectivity index (χ1n) is 12.7. The highest BCUT2D eigenvalue weighted by Crippen LogP contribution is 2.33. The number of hydrogen-bond donors (Lipinski definition) is 2. The summed E-state index contributed by atoms with van der Waals surface area (Å²) in [7, 11) is 0. The maximum absolute atomic E-state index is 14.0. The summed E-state index contributed by atoms with van der Waals surface area (Å²) in [6, 6.07) is 8.23. The van der Waals surface area contributed by atoms with Gasteiger partial charge in [0, 0.05) is 30.0 Å². The third-order valence-electron chi connectivity index (χ3n) is 7.06. The van der Waals surface area contributed by atoms with Crippen LogP contribution in [0.25, 0.3) is 17.3 Å². The number of allylic oxidation sites excluding steroid dienone is 2. The van der Waals surface area contributed by atoms with Crippen molar-refractivity contribution in [2.75, 3.05) is 0 Å². The Hall–Kier alpha value is -4.28. The van der Waals surface area contributed by atoms with Crippen molar-refractivity contribution < 1.29 is 0 Å². The number of nitrogens with zero attached hydrogens (tertiary/aromatic N) is 8. The van der Waals surface area contributed by atoms with Crippen LogP contribution in [0.4, 0.5) is 0 Å². The number of rotatable bonds is 10. The average molecular weight is 501 g/mol. The highest BCUT2D eigenvalue weighted by molar-refractivity contribution is 5.57. The predicted molar refractivity (Wildman–Crippen MR) is 140 cm³/mol. The highest BCUT2D eigenvalue weighted by Gasteiger charge is 2.32. The lowest BCUT2D eigenvalue weighted by molar-refractivity contribution is 0.490. The second-order valence-electron chi connectivity index (χ2n) is 9.45. The van der Waals surface area contributed by atoms with Crippen molar-refractivity contribution in [1.82, 2.24) is 49.8 Å². The van der Waals surface area contributed by atoms with Crippen molar-refractivity contribution >= 4 is 0 Å². The van der Waals surface area contributed by atoms with Gasteiger partial charge in [-0.1, -0.05) is 50.6 Å². The van der Waals surface area contributed by atoms with Crippen LogP contribution in [0.15, 0.2) is 66.1 Å². The monoisotopic (exact) mass is 500 g/mol. The van der Waals surface area contributed by atoms with Gasteiger partial charge in [-0.25, -0.2) is 9.36 Å². The van der Waals surface area contributed by atoms with Crippen LogP contribution < -0.4 is 11.0 Å². The number of dihydropyridines is 1.